The summed E-state index contributed by atoms with van der Waals surface area (Å²) in [6.07, 6.45) is 0. The number of nitrogens with zero attached hydrogens (tertiary/aromatic N) is 2. The Morgan fingerprint density at radius 1 is 0.345 bits per heavy atom. The van der Waals surface area contributed by atoms with E-state index in [1.807, 2.05) is 0 Å². The Morgan fingerprint density at radius 3 is 1.45 bits per heavy atom. The molecule has 1 aliphatic carbocycles. The Balaban J connectivity index is 1.05. The van der Waals surface area contributed by atoms with Crippen molar-refractivity contribution in [3.63, 3.8) is 0 Å². The monoisotopic (exact) mass is 704 g/mol. The van der Waals surface area contributed by atoms with E-state index < -0.39 is 0 Å². The summed E-state index contributed by atoms with van der Waals surface area (Å²) in [6.45, 7) is 4.73. The van der Waals surface area contributed by atoms with Crippen LogP contribution in [0.15, 0.2) is 206 Å². The zero-order valence-corrected chi connectivity index (χ0v) is 31.0. The molecule has 0 heterocycles. The molecule has 0 unspecified atom stereocenters. The van der Waals surface area contributed by atoms with Crippen LogP contribution >= 0.6 is 0 Å². The van der Waals surface area contributed by atoms with Crippen LogP contribution in [0.25, 0.3) is 43.8 Å². The molecule has 10 rings (SSSR count). The fourth-order valence-electron chi connectivity index (χ4n) is 8.73. The largest absolute Gasteiger partial charge is 0.310 e. The highest BCUT2D eigenvalue weighted by Gasteiger charge is 2.37. The third kappa shape index (κ3) is 5.49. The molecule has 0 aliphatic heterocycles. The van der Waals surface area contributed by atoms with Crippen LogP contribution in [0.5, 0.6) is 0 Å². The lowest BCUT2D eigenvalue weighted by Crippen LogP contribution is -2.17. The number of hydrogen-bond acceptors (Lipinski definition) is 2. The standard InChI is InChI=1S/C53H40N2/c1-53(2)48-26-14-13-25-47(48)52-46-24-12-11-23-45(46)51(36-49(52)53)55(41-20-7-4-8-21-41)43-34-30-38(31-35-43)37-28-32-42(33-29-37)54(40-18-5-3-6-19-40)50-27-15-17-39-16-9-10-22-44(39)50/h3-36H,1-2H3. The van der Waals surface area contributed by atoms with Crippen LogP contribution in [0, 0.1) is 0 Å². The third-order valence-electron chi connectivity index (χ3n) is 11.4. The van der Waals surface area contributed by atoms with Crippen LogP contribution in [-0.4, -0.2) is 0 Å². The summed E-state index contributed by atoms with van der Waals surface area (Å²) in [7, 11) is 0. The zero-order valence-electron chi connectivity index (χ0n) is 31.0. The molecule has 0 aromatic heterocycles. The van der Waals surface area contributed by atoms with Gasteiger partial charge in [0, 0.05) is 38.9 Å². The number of benzene rings is 9. The van der Waals surface area contributed by atoms with Gasteiger partial charge in [-0.05, 0) is 105 Å². The van der Waals surface area contributed by atoms with Crippen LogP contribution in [0.4, 0.5) is 34.1 Å². The lowest BCUT2D eigenvalue weighted by atomic mass is 9.81. The van der Waals surface area contributed by atoms with Gasteiger partial charge in [-0.2, -0.15) is 0 Å². The second-order valence-electron chi connectivity index (χ2n) is 15.0. The maximum absolute atomic E-state index is 2.45. The minimum Gasteiger partial charge on any atom is -0.310 e. The van der Waals surface area contributed by atoms with E-state index in [9.17, 15) is 0 Å². The SMILES string of the molecule is CC1(C)c2ccccc2-c2c1cc(N(c1ccccc1)c1ccc(-c3ccc(N(c4ccccc4)c4cccc5ccccc45)cc3)cc1)c1ccccc21. The lowest BCUT2D eigenvalue weighted by molar-refractivity contribution is 0.661. The fourth-order valence-corrected chi connectivity index (χ4v) is 8.73. The molecule has 0 fully saturated rings. The molecule has 0 amide bonds. The van der Waals surface area contributed by atoms with Gasteiger partial charge in [0.1, 0.15) is 0 Å². The van der Waals surface area contributed by atoms with Crippen LogP contribution in [0.2, 0.25) is 0 Å². The highest BCUT2D eigenvalue weighted by atomic mass is 15.1. The van der Waals surface area contributed by atoms with Gasteiger partial charge in [0.15, 0.2) is 0 Å². The highest BCUT2D eigenvalue weighted by molar-refractivity contribution is 6.10. The Hall–Kier alpha value is -6.90. The highest BCUT2D eigenvalue weighted by Crippen LogP contribution is 2.54. The minimum absolute atomic E-state index is 0.118. The van der Waals surface area contributed by atoms with Crippen molar-refractivity contribution in [3.05, 3.63) is 217 Å². The first kappa shape index (κ1) is 32.7. The van der Waals surface area contributed by atoms with Gasteiger partial charge in [-0.15, -0.1) is 0 Å². The predicted octanol–water partition coefficient (Wildman–Crippen LogP) is 14.9. The lowest BCUT2D eigenvalue weighted by Gasteiger charge is -2.30. The van der Waals surface area contributed by atoms with Crippen molar-refractivity contribution >= 4 is 55.7 Å². The number of fused-ring (bicyclic) bond motifs is 6. The van der Waals surface area contributed by atoms with Crippen molar-refractivity contribution in [2.75, 3.05) is 9.80 Å². The van der Waals surface area contributed by atoms with E-state index in [1.165, 1.54) is 60.6 Å². The van der Waals surface area contributed by atoms with E-state index in [1.54, 1.807) is 0 Å². The van der Waals surface area contributed by atoms with E-state index in [0.717, 1.165) is 28.4 Å². The molecule has 2 nitrogen and oxygen atoms in total. The molecule has 0 atom stereocenters. The molecule has 0 saturated heterocycles. The maximum atomic E-state index is 2.45. The Kier molecular flexibility index (Phi) is 7.85. The van der Waals surface area contributed by atoms with Gasteiger partial charge >= 0.3 is 0 Å². The topological polar surface area (TPSA) is 6.48 Å². The number of anilines is 6. The molecule has 0 bridgehead atoms. The van der Waals surface area contributed by atoms with Gasteiger partial charge in [-0.25, -0.2) is 0 Å². The summed E-state index contributed by atoms with van der Waals surface area (Å²) < 4.78 is 0. The summed E-state index contributed by atoms with van der Waals surface area (Å²) >= 11 is 0. The van der Waals surface area contributed by atoms with Crippen LogP contribution in [0.1, 0.15) is 25.0 Å². The summed E-state index contributed by atoms with van der Waals surface area (Å²) in [5.41, 5.74) is 14.5. The van der Waals surface area contributed by atoms with E-state index >= 15 is 0 Å². The molecular formula is C53H40N2. The van der Waals surface area contributed by atoms with Gasteiger partial charge in [-0.3, -0.25) is 0 Å². The summed E-state index contributed by atoms with van der Waals surface area (Å²) in [5, 5.41) is 4.98. The third-order valence-corrected chi connectivity index (χ3v) is 11.4. The molecule has 0 N–H and O–H groups in total. The van der Waals surface area contributed by atoms with E-state index in [0.29, 0.717) is 0 Å². The molecule has 262 valence electrons. The fraction of sp³-hybridized carbons (Fsp3) is 0.0566. The predicted molar refractivity (Wildman–Crippen MR) is 234 cm³/mol. The minimum atomic E-state index is -0.118. The molecule has 0 spiro atoms. The second-order valence-corrected chi connectivity index (χ2v) is 15.0. The van der Waals surface area contributed by atoms with Crippen LogP contribution in [-0.2, 0) is 5.41 Å². The van der Waals surface area contributed by atoms with Gasteiger partial charge in [-0.1, -0.05) is 159 Å². The van der Waals surface area contributed by atoms with Gasteiger partial charge in [0.2, 0.25) is 0 Å². The Labute approximate surface area is 323 Å². The van der Waals surface area contributed by atoms with Crippen LogP contribution < -0.4 is 9.80 Å². The van der Waals surface area contributed by atoms with Gasteiger partial charge < -0.3 is 9.80 Å². The van der Waals surface area contributed by atoms with E-state index in [2.05, 4.69) is 230 Å². The maximum Gasteiger partial charge on any atom is 0.0543 e. The van der Waals surface area contributed by atoms with Crippen molar-refractivity contribution in [2.45, 2.75) is 19.3 Å². The normalized spacial score (nSPS) is 12.7. The van der Waals surface area contributed by atoms with Crippen molar-refractivity contribution in [3.8, 4) is 22.3 Å². The van der Waals surface area contributed by atoms with Crippen molar-refractivity contribution < 1.29 is 0 Å². The quantitative estimate of drug-likeness (QED) is 0.163. The van der Waals surface area contributed by atoms with Crippen LogP contribution in [0.3, 0.4) is 0 Å². The average molecular weight is 705 g/mol. The first-order valence-electron chi connectivity index (χ1n) is 19.1. The number of para-hydroxylation sites is 2. The number of hydrogen-bond donors (Lipinski definition) is 0. The van der Waals surface area contributed by atoms with Crippen molar-refractivity contribution in [1.82, 2.24) is 0 Å². The first-order chi connectivity index (χ1) is 27.1. The molecule has 0 saturated carbocycles. The summed E-state index contributed by atoms with van der Waals surface area (Å²) in [6, 6.07) is 74.9. The molecule has 2 heteroatoms. The Morgan fingerprint density at radius 2 is 0.818 bits per heavy atom. The Bertz CT molecular complexity index is 2820. The van der Waals surface area contributed by atoms with E-state index in [-0.39, 0.29) is 5.41 Å². The van der Waals surface area contributed by atoms with Gasteiger partial charge in [0.05, 0.1) is 11.4 Å². The van der Waals surface area contributed by atoms with Crippen molar-refractivity contribution in [1.29, 1.82) is 0 Å². The molecule has 1 aliphatic rings. The first-order valence-corrected chi connectivity index (χ1v) is 19.1. The van der Waals surface area contributed by atoms with Crippen molar-refractivity contribution in [2.24, 2.45) is 0 Å². The molecule has 55 heavy (non-hydrogen) atoms. The van der Waals surface area contributed by atoms with Gasteiger partial charge in [0.25, 0.3) is 0 Å². The molecule has 9 aromatic carbocycles. The molecule has 9 aromatic rings. The average Bonchev–Trinajstić information content (AvgIpc) is 3.48. The molecular weight excluding hydrogens is 665 g/mol. The summed E-state index contributed by atoms with van der Waals surface area (Å²) in [5.74, 6) is 0. The molecule has 0 radical (unpaired) electrons. The number of rotatable bonds is 7. The second kappa shape index (κ2) is 13.2. The smallest absolute Gasteiger partial charge is 0.0543 e. The van der Waals surface area contributed by atoms with E-state index in [4.69, 9.17) is 0 Å². The zero-order chi connectivity index (χ0) is 36.9. The summed E-state index contributed by atoms with van der Waals surface area (Å²) in [4.78, 5) is 4.78.